The molecule has 0 saturated heterocycles. The van der Waals surface area contributed by atoms with Crippen LogP contribution in [0.5, 0.6) is 0 Å². The normalized spacial score (nSPS) is 10.6. The Morgan fingerprint density at radius 1 is 0.440 bits per heavy atom. The van der Waals surface area contributed by atoms with Gasteiger partial charge in [0.25, 0.3) is 0 Å². The predicted molar refractivity (Wildman–Crippen MR) is 93.7 cm³/mol. The van der Waals surface area contributed by atoms with E-state index in [9.17, 15) is 0 Å². The fourth-order valence-electron chi connectivity index (χ4n) is 2.27. The summed E-state index contributed by atoms with van der Waals surface area (Å²) in [6, 6.07) is 30.4. The molecule has 0 atom stereocenters. The van der Waals surface area contributed by atoms with E-state index in [1.54, 1.807) is 0 Å². The van der Waals surface area contributed by atoms with E-state index in [0.717, 1.165) is 16.7 Å². The molecule has 3 rings (SSSR count). The average molecular weight is 500 g/mol. The van der Waals surface area contributed by atoms with Gasteiger partial charge in [-0.15, -0.1) is 0 Å². The second kappa shape index (κ2) is 10.4. The van der Waals surface area contributed by atoms with Gasteiger partial charge in [-0.25, -0.2) is 0 Å². The van der Waals surface area contributed by atoms with Gasteiger partial charge in [0.1, 0.15) is 0 Å². The molecule has 0 aliphatic rings. The molecule has 3 nitrogen and oxygen atoms in total. The van der Waals surface area contributed by atoms with Gasteiger partial charge in [0.2, 0.25) is 0 Å². The Kier molecular flexibility index (Phi) is 7.58. The molecule has 3 aromatic rings. The molecule has 0 fully saturated rings. The van der Waals surface area contributed by atoms with Gasteiger partial charge in [-0.3, -0.25) is 0 Å². The summed E-state index contributed by atoms with van der Waals surface area (Å²) in [5.41, 5.74) is 3.41. The number of benzene rings is 3. The summed E-state index contributed by atoms with van der Waals surface area (Å²) in [7, 11) is 0. The second-order valence-electron chi connectivity index (χ2n) is 5.57. The van der Waals surface area contributed by atoms with Crippen LogP contribution in [0.4, 0.5) is 0 Å². The van der Waals surface area contributed by atoms with Crippen LogP contribution >= 0.6 is 0 Å². The van der Waals surface area contributed by atoms with Gasteiger partial charge in [0, 0.05) is 0 Å². The zero-order valence-electron chi connectivity index (χ0n) is 14.0. The summed E-state index contributed by atoms with van der Waals surface area (Å²) in [4.78, 5) is 0. The van der Waals surface area contributed by atoms with Crippen molar-refractivity contribution in [3.8, 4) is 0 Å². The zero-order chi connectivity index (χ0) is 17.2. The van der Waals surface area contributed by atoms with Crippen LogP contribution in [0.3, 0.4) is 0 Å². The summed E-state index contributed by atoms with van der Waals surface area (Å²) in [5, 5.41) is 0. The van der Waals surface area contributed by atoms with E-state index < -0.39 is 22.7 Å². The van der Waals surface area contributed by atoms with Crippen molar-refractivity contribution in [2.24, 2.45) is 0 Å². The van der Waals surface area contributed by atoms with Crippen molar-refractivity contribution in [3.05, 3.63) is 108 Å². The Bertz CT molecular complexity index is 616. The Hall–Kier alpha value is -1.59. The molecule has 127 valence electrons. The van der Waals surface area contributed by atoms with Gasteiger partial charge in [-0.2, -0.15) is 0 Å². The average Bonchev–Trinajstić information content (AvgIpc) is 2.70. The predicted octanol–water partition coefficient (Wildman–Crippen LogP) is 5.00. The molecule has 3 aromatic carbocycles. The number of hydrogen-bond acceptors (Lipinski definition) is 3. The van der Waals surface area contributed by atoms with Gasteiger partial charge >= 0.3 is 159 Å². The Morgan fingerprint density at radius 2 is 0.720 bits per heavy atom. The van der Waals surface area contributed by atoms with Crippen LogP contribution in [-0.2, 0) is 51.1 Å². The molecule has 0 N–H and O–H groups in total. The Balaban J connectivity index is 1.56. The van der Waals surface area contributed by atoms with E-state index in [2.05, 4.69) is 36.4 Å². The standard InChI is InChI=1S/3C7H7O.Hf/c3*8-6-7-4-2-1-3-5-7;/h3*1-5H,6H2;/q3*-1;+3. The van der Waals surface area contributed by atoms with Gasteiger partial charge in [-0.05, 0) is 0 Å². The molecule has 0 saturated carbocycles. The van der Waals surface area contributed by atoms with Crippen LogP contribution in [0.1, 0.15) is 16.7 Å². The fraction of sp³-hybridized carbons (Fsp3) is 0.143. The maximum absolute atomic E-state index is 6.04. The minimum atomic E-state index is -3.05. The van der Waals surface area contributed by atoms with Crippen LogP contribution in [0.15, 0.2) is 91.0 Å². The number of hydrogen-bond donors (Lipinski definition) is 0. The fourth-order valence-corrected chi connectivity index (χ4v) is 6.24. The van der Waals surface area contributed by atoms with Gasteiger partial charge in [-0.1, -0.05) is 0 Å². The van der Waals surface area contributed by atoms with Crippen LogP contribution in [0.2, 0.25) is 0 Å². The molecule has 0 amide bonds. The van der Waals surface area contributed by atoms with E-state index in [4.69, 9.17) is 8.56 Å². The molecule has 0 aromatic heterocycles. The molecular weight excluding hydrogens is 479 g/mol. The maximum atomic E-state index is 6.04. The first kappa shape index (κ1) is 18.2. The molecule has 4 heteroatoms. The quantitative estimate of drug-likeness (QED) is 0.388. The van der Waals surface area contributed by atoms with E-state index >= 15 is 0 Å². The topological polar surface area (TPSA) is 27.7 Å². The molecule has 0 spiro atoms. The summed E-state index contributed by atoms with van der Waals surface area (Å²) in [6.07, 6.45) is 0. The summed E-state index contributed by atoms with van der Waals surface area (Å²) < 4.78 is 18.1. The molecule has 0 unspecified atom stereocenters. The Morgan fingerprint density at radius 3 is 1.00 bits per heavy atom. The third kappa shape index (κ3) is 6.67. The molecule has 0 aliphatic carbocycles. The van der Waals surface area contributed by atoms with Crippen LogP contribution < -0.4 is 0 Å². The first-order valence-corrected chi connectivity index (χ1v) is 12.7. The van der Waals surface area contributed by atoms with Crippen molar-refractivity contribution in [1.29, 1.82) is 0 Å². The van der Waals surface area contributed by atoms with E-state index in [1.165, 1.54) is 0 Å². The van der Waals surface area contributed by atoms with E-state index in [0.29, 0.717) is 19.8 Å². The molecular formula is C21H21HfO3. The molecule has 0 aliphatic heterocycles. The van der Waals surface area contributed by atoms with Gasteiger partial charge < -0.3 is 0 Å². The summed E-state index contributed by atoms with van der Waals surface area (Å²) in [5.74, 6) is 0. The van der Waals surface area contributed by atoms with E-state index in [1.807, 2.05) is 54.6 Å². The van der Waals surface area contributed by atoms with Crippen LogP contribution in [0.25, 0.3) is 0 Å². The van der Waals surface area contributed by atoms with E-state index in [-0.39, 0.29) is 0 Å². The third-order valence-corrected chi connectivity index (χ3v) is 7.69. The number of rotatable bonds is 9. The molecule has 25 heavy (non-hydrogen) atoms. The minimum absolute atomic E-state index is 0.534. The third-order valence-electron chi connectivity index (χ3n) is 3.60. The van der Waals surface area contributed by atoms with Crippen molar-refractivity contribution in [1.82, 2.24) is 0 Å². The van der Waals surface area contributed by atoms with Crippen LogP contribution in [-0.4, -0.2) is 0 Å². The van der Waals surface area contributed by atoms with Crippen molar-refractivity contribution < 1.29 is 31.3 Å². The SMILES string of the molecule is c1ccc(C[O][Hf]([O]Cc2ccccc2)[O]Cc2ccccc2)cc1. The van der Waals surface area contributed by atoms with Crippen molar-refractivity contribution in [2.45, 2.75) is 19.8 Å². The zero-order valence-corrected chi connectivity index (χ0v) is 17.6. The van der Waals surface area contributed by atoms with Gasteiger partial charge in [0.05, 0.1) is 0 Å². The molecule has 0 heterocycles. The monoisotopic (exact) mass is 501 g/mol. The van der Waals surface area contributed by atoms with Gasteiger partial charge in [0.15, 0.2) is 0 Å². The summed E-state index contributed by atoms with van der Waals surface area (Å²) in [6.45, 7) is 1.60. The molecule has 0 radical (unpaired) electrons. The molecule has 0 bridgehead atoms. The van der Waals surface area contributed by atoms with Crippen LogP contribution in [0, 0.1) is 0 Å². The Labute approximate surface area is 158 Å². The first-order chi connectivity index (χ1) is 12.4. The second-order valence-corrected chi connectivity index (χ2v) is 10.5. The van der Waals surface area contributed by atoms with Crippen molar-refractivity contribution in [3.63, 3.8) is 0 Å². The first-order valence-electron chi connectivity index (χ1n) is 8.27. The van der Waals surface area contributed by atoms with Crippen molar-refractivity contribution in [2.75, 3.05) is 0 Å². The van der Waals surface area contributed by atoms with Crippen molar-refractivity contribution >= 4 is 0 Å². The summed E-state index contributed by atoms with van der Waals surface area (Å²) >= 11 is -3.05.